The molecule has 37 heavy (non-hydrogen) atoms. The van der Waals surface area contributed by atoms with Gasteiger partial charge in [-0.3, -0.25) is 14.5 Å². The zero-order valence-corrected chi connectivity index (χ0v) is 21.9. The third-order valence-corrected chi connectivity index (χ3v) is 7.05. The Morgan fingerprint density at radius 1 is 0.919 bits per heavy atom. The average Bonchev–Trinajstić information content (AvgIpc) is 3.40. The molecule has 6 heteroatoms. The second kappa shape index (κ2) is 10.7. The Morgan fingerprint density at radius 2 is 1.70 bits per heavy atom. The molecule has 0 radical (unpaired) electrons. The van der Waals surface area contributed by atoms with E-state index in [2.05, 4.69) is 42.7 Å². The van der Waals surface area contributed by atoms with Gasteiger partial charge in [0.2, 0.25) is 5.91 Å². The van der Waals surface area contributed by atoms with Gasteiger partial charge in [-0.05, 0) is 61.4 Å². The van der Waals surface area contributed by atoms with Crippen LogP contribution in [0.3, 0.4) is 0 Å². The molecule has 0 spiro atoms. The number of carbonyl (C=O) groups is 2. The Morgan fingerprint density at radius 3 is 2.46 bits per heavy atom. The molecule has 2 heterocycles. The number of halogens is 1. The van der Waals surface area contributed by atoms with Gasteiger partial charge >= 0.3 is 0 Å². The van der Waals surface area contributed by atoms with Crippen molar-refractivity contribution >= 4 is 29.1 Å². The van der Waals surface area contributed by atoms with Gasteiger partial charge in [0.15, 0.2) is 0 Å². The summed E-state index contributed by atoms with van der Waals surface area (Å²) in [6.45, 7) is 4.60. The molecule has 1 aliphatic rings. The van der Waals surface area contributed by atoms with Crippen molar-refractivity contribution in [2.24, 2.45) is 0 Å². The predicted molar refractivity (Wildman–Crippen MR) is 149 cm³/mol. The van der Waals surface area contributed by atoms with Crippen molar-refractivity contribution in [3.8, 4) is 5.69 Å². The van der Waals surface area contributed by atoms with Crippen LogP contribution in [-0.2, 0) is 4.79 Å². The maximum atomic E-state index is 14.2. The Hall–Kier alpha value is -3.83. The van der Waals surface area contributed by atoms with Crippen molar-refractivity contribution in [2.45, 2.75) is 32.7 Å². The summed E-state index contributed by atoms with van der Waals surface area (Å²) in [5.41, 5.74) is 5.43. The first-order valence-electron chi connectivity index (χ1n) is 12.7. The van der Waals surface area contributed by atoms with E-state index in [-0.39, 0.29) is 24.4 Å². The van der Waals surface area contributed by atoms with Crippen LogP contribution in [0, 0.1) is 6.92 Å². The second-order valence-electron chi connectivity index (χ2n) is 9.46. The average molecular weight is 512 g/mol. The molecule has 0 saturated carbocycles. The number of benzene rings is 3. The van der Waals surface area contributed by atoms with Crippen molar-refractivity contribution in [1.82, 2.24) is 9.47 Å². The number of hydrogen-bond acceptors (Lipinski definition) is 2. The standard InChI is InChI=1S/C31H30ClN3O2/c1-3-4-17-33(31(37)24-12-8-13-25(32)20-24)21-29(36)35-27-15-6-5-14-26(27)34-18-9-16-28(34)30(35)23-11-7-10-22(2)19-23/h5-16,18-20,30H,3-4,17,21H2,1-2H3. The molecule has 0 saturated heterocycles. The number of para-hydroxylation sites is 2. The summed E-state index contributed by atoms with van der Waals surface area (Å²) in [4.78, 5) is 31.3. The summed E-state index contributed by atoms with van der Waals surface area (Å²) in [5.74, 6) is -0.317. The van der Waals surface area contributed by atoms with Gasteiger partial charge in [-0.25, -0.2) is 0 Å². The first-order chi connectivity index (χ1) is 18.0. The van der Waals surface area contributed by atoms with Crippen LogP contribution in [0.15, 0.2) is 91.1 Å². The first kappa shape index (κ1) is 24.8. The fraction of sp³-hybridized carbons (Fsp3) is 0.226. The smallest absolute Gasteiger partial charge is 0.254 e. The fourth-order valence-corrected chi connectivity index (χ4v) is 5.25. The third kappa shape index (κ3) is 4.92. The molecular formula is C31H30ClN3O2. The van der Waals surface area contributed by atoms with Gasteiger partial charge in [0.25, 0.3) is 5.91 Å². The van der Waals surface area contributed by atoms with Gasteiger partial charge < -0.3 is 9.47 Å². The summed E-state index contributed by atoms with van der Waals surface area (Å²) < 4.78 is 2.15. The van der Waals surface area contributed by atoms with Crippen LogP contribution in [0.25, 0.3) is 5.69 Å². The molecule has 188 valence electrons. The lowest BCUT2D eigenvalue weighted by Crippen LogP contribution is -2.47. The summed E-state index contributed by atoms with van der Waals surface area (Å²) >= 11 is 6.17. The Bertz CT molecular complexity index is 1440. The summed E-state index contributed by atoms with van der Waals surface area (Å²) in [5, 5.41) is 0.498. The van der Waals surface area contributed by atoms with Gasteiger partial charge in [0.1, 0.15) is 12.6 Å². The molecule has 4 aromatic rings. The molecule has 1 aromatic heterocycles. The largest absolute Gasteiger partial charge is 0.329 e. The normalized spacial score (nSPS) is 14.1. The van der Waals surface area contributed by atoms with Crippen molar-refractivity contribution in [3.05, 3.63) is 119 Å². The highest BCUT2D eigenvalue weighted by Gasteiger charge is 2.37. The molecule has 1 unspecified atom stereocenters. The number of amides is 2. The van der Waals surface area contributed by atoms with Crippen LogP contribution in [0.2, 0.25) is 5.02 Å². The number of carbonyl (C=O) groups excluding carboxylic acids is 2. The molecule has 2 amide bonds. The molecule has 5 rings (SSSR count). The predicted octanol–water partition coefficient (Wildman–Crippen LogP) is 6.82. The van der Waals surface area contributed by atoms with Crippen LogP contribution in [0.1, 0.15) is 53.0 Å². The minimum absolute atomic E-state index is 0.0251. The number of aryl methyl sites for hydroxylation is 1. The highest BCUT2D eigenvalue weighted by atomic mass is 35.5. The molecule has 0 bridgehead atoms. The maximum Gasteiger partial charge on any atom is 0.254 e. The molecule has 0 aliphatic carbocycles. The fourth-order valence-electron chi connectivity index (χ4n) is 5.06. The molecule has 5 nitrogen and oxygen atoms in total. The highest BCUT2D eigenvalue weighted by Crippen LogP contribution is 2.42. The maximum absolute atomic E-state index is 14.2. The number of nitrogens with zero attached hydrogens (tertiary/aromatic N) is 3. The van der Waals surface area contributed by atoms with E-state index in [1.807, 2.05) is 47.5 Å². The van der Waals surface area contributed by atoms with Crippen molar-refractivity contribution in [1.29, 1.82) is 0 Å². The lowest BCUT2D eigenvalue weighted by Gasteiger charge is -2.39. The topological polar surface area (TPSA) is 45.6 Å². The van der Waals surface area contributed by atoms with E-state index in [0.29, 0.717) is 17.1 Å². The van der Waals surface area contributed by atoms with E-state index in [1.165, 1.54) is 0 Å². The zero-order valence-electron chi connectivity index (χ0n) is 21.1. The number of rotatable bonds is 7. The van der Waals surface area contributed by atoms with E-state index in [0.717, 1.165) is 41.0 Å². The first-order valence-corrected chi connectivity index (χ1v) is 13.1. The van der Waals surface area contributed by atoms with Gasteiger partial charge in [-0.1, -0.05) is 73.0 Å². The van der Waals surface area contributed by atoms with E-state index < -0.39 is 0 Å². The number of fused-ring (bicyclic) bond motifs is 3. The van der Waals surface area contributed by atoms with E-state index in [9.17, 15) is 9.59 Å². The highest BCUT2D eigenvalue weighted by molar-refractivity contribution is 6.31. The van der Waals surface area contributed by atoms with Crippen LogP contribution in [0.4, 0.5) is 5.69 Å². The molecule has 3 aromatic carbocycles. The van der Waals surface area contributed by atoms with E-state index in [1.54, 1.807) is 29.2 Å². The minimum atomic E-state index is -0.313. The third-order valence-electron chi connectivity index (χ3n) is 6.81. The van der Waals surface area contributed by atoms with Gasteiger partial charge in [0, 0.05) is 23.3 Å². The van der Waals surface area contributed by atoms with Crippen LogP contribution >= 0.6 is 11.6 Å². The quantitative estimate of drug-likeness (QED) is 0.273. The van der Waals surface area contributed by atoms with Crippen LogP contribution in [-0.4, -0.2) is 34.4 Å². The number of aromatic nitrogens is 1. The summed E-state index contributed by atoms with van der Waals surface area (Å²) in [6, 6.07) is 26.9. The number of anilines is 1. The van der Waals surface area contributed by atoms with Crippen molar-refractivity contribution < 1.29 is 9.59 Å². The molecule has 0 fully saturated rings. The van der Waals surface area contributed by atoms with Gasteiger partial charge in [-0.15, -0.1) is 0 Å². The minimum Gasteiger partial charge on any atom is -0.329 e. The van der Waals surface area contributed by atoms with E-state index in [4.69, 9.17) is 11.6 Å². The molecule has 1 atom stereocenters. The summed E-state index contributed by atoms with van der Waals surface area (Å²) in [7, 11) is 0. The molecule has 0 N–H and O–H groups in total. The van der Waals surface area contributed by atoms with Crippen molar-refractivity contribution in [2.75, 3.05) is 18.0 Å². The monoisotopic (exact) mass is 511 g/mol. The Labute approximate surface area is 222 Å². The van der Waals surface area contributed by atoms with Gasteiger partial charge in [0.05, 0.1) is 17.1 Å². The van der Waals surface area contributed by atoms with Gasteiger partial charge in [-0.2, -0.15) is 0 Å². The lowest BCUT2D eigenvalue weighted by molar-refractivity contribution is -0.119. The molecular weight excluding hydrogens is 482 g/mol. The molecule has 1 aliphatic heterocycles. The lowest BCUT2D eigenvalue weighted by atomic mass is 9.96. The van der Waals surface area contributed by atoms with Crippen molar-refractivity contribution in [3.63, 3.8) is 0 Å². The SMILES string of the molecule is CCCCN(CC(=O)N1c2ccccc2-n2cccc2C1c1cccc(C)c1)C(=O)c1cccc(Cl)c1. The Kier molecular flexibility index (Phi) is 7.15. The Balaban J connectivity index is 1.56. The van der Waals surface area contributed by atoms with E-state index >= 15 is 0 Å². The summed E-state index contributed by atoms with van der Waals surface area (Å²) in [6.07, 6.45) is 3.76. The number of unbranched alkanes of at least 4 members (excludes halogenated alkanes) is 1. The number of hydrogen-bond donors (Lipinski definition) is 0. The zero-order chi connectivity index (χ0) is 25.9. The van der Waals surface area contributed by atoms with Crippen LogP contribution < -0.4 is 4.90 Å². The second-order valence-corrected chi connectivity index (χ2v) is 9.90. The van der Waals surface area contributed by atoms with Crippen LogP contribution in [0.5, 0.6) is 0 Å².